The minimum Gasteiger partial charge on any atom is -0.508 e. The minimum atomic E-state index is -0.0827. The fourth-order valence-electron chi connectivity index (χ4n) is 1.54. The second kappa shape index (κ2) is 7.12. The van der Waals surface area contributed by atoms with Crippen molar-refractivity contribution in [2.45, 2.75) is 39.2 Å². The second-order valence-corrected chi connectivity index (χ2v) is 3.90. The van der Waals surface area contributed by atoms with Crippen LogP contribution in [0.3, 0.4) is 0 Å². The fraction of sp³-hybridized carbons (Fsp3) is 0.538. The molecule has 1 aromatic rings. The maximum atomic E-state index is 9.37. The highest BCUT2D eigenvalue weighted by Crippen LogP contribution is 2.22. The molecule has 0 unspecified atom stereocenters. The quantitative estimate of drug-likeness (QED) is 0.700. The van der Waals surface area contributed by atoms with E-state index in [9.17, 15) is 5.11 Å². The van der Waals surface area contributed by atoms with E-state index >= 15 is 0 Å². The Morgan fingerprint density at radius 2 is 1.94 bits per heavy atom. The fourth-order valence-corrected chi connectivity index (χ4v) is 1.54. The van der Waals surface area contributed by atoms with Gasteiger partial charge >= 0.3 is 0 Å². The molecule has 2 N–H and O–H groups in total. The van der Waals surface area contributed by atoms with Crippen LogP contribution in [0.1, 0.15) is 38.2 Å². The number of unbranched alkanes of at least 4 members (excludes halogenated alkanes) is 3. The summed E-state index contributed by atoms with van der Waals surface area (Å²) < 4.78 is 5.50. The van der Waals surface area contributed by atoms with Gasteiger partial charge in [0, 0.05) is 6.07 Å². The topological polar surface area (TPSA) is 49.7 Å². The average molecular weight is 224 g/mol. The molecule has 0 bridgehead atoms. The molecule has 1 rings (SSSR count). The van der Waals surface area contributed by atoms with Gasteiger partial charge < -0.3 is 14.9 Å². The Hall–Kier alpha value is -1.22. The van der Waals surface area contributed by atoms with Crippen molar-refractivity contribution >= 4 is 0 Å². The Bertz CT molecular complexity index is 310. The Morgan fingerprint density at radius 1 is 1.12 bits per heavy atom. The monoisotopic (exact) mass is 224 g/mol. The summed E-state index contributed by atoms with van der Waals surface area (Å²) in [6.07, 6.45) is 4.63. The lowest BCUT2D eigenvalue weighted by Crippen LogP contribution is -1.98. The largest absolute Gasteiger partial charge is 0.508 e. The van der Waals surface area contributed by atoms with Crippen molar-refractivity contribution in [2.75, 3.05) is 6.61 Å². The zero-order valence-corrected chi connectivity index (χ0v) is 9.78. The molecule has 0 aliphatic rings. The Morgan fingerprint density at radius 3 is 2.62 bits per heavy atom. The van der Waals surface area contributed by atoms with Crippen molar-refractivity contribution in [1.82, 2.24) is 0 Å². The molecule has 1 aromatic carbocycles. The molecule has 0 heterocycles. The van der Waals surface area contributed by atoms with Gasteiger partial charge in [0.05, 0.1) is 13.2 Å². The summed E-state index contributed by atoms with van der Waals surface area (Å²) in [5.74, 6) is 0.760. The number of benzene rings is 1. The number of phenols is 1. The van der Waals surface area contributed by atoms with Gasteiger partial charge in [0.15, 0.2) is 0 Å². The van der Waals surface area contributed by atoms with Crippen LogP contribution in [0.5, 0.6) is 11.5 Å². The van der Waals surface area contributed by atoms with E-state index in [0.717, 1.165) is 6.42 Å². The molecule has 0 aromatic heterocycles. The number of aromatic hydroxyl groups is 1. The third-order valence-corrected chi connectivity index (χ3v) is 2.40. The van der Waals surface area contributed by atoms with Crippen LogP contribution in [-0.4, -0.2) is 16.8 Å². The van der Waals surface area contributed by atoms with E-state index in [1.54, 1.807) is 12.1 Å². The van der Waals surface area contributed by atoms with Crippen molar-refractivity contribution in [3.63, 3.8) is 0 Å². The lowest BCUT2D eigenvalue weighted by Gasteiger charge is -2.08. The second-order valence-electron chi connectivity index (χ2n) is 3.90. The molecule has 0 fully saturated rings. The lowest BCUT2D eigenvalue weighted by atomic mass is 10.2. The summed E-state index contributed by atoms with van der Waals surface area (Å²) in [6, 6.07) is 4.85. The number of ether oxygens (including phenoxy) is 1. The molecule has 16 heavy (non-hydrogen) atoms. The Labute approximate surface area is 96.7 Å². The summed E-state index contributed by atoms with van der Waals surface area (Å²) in [4.78, 5) is 0. The number of rotatable bonds is 7. The van der Waals surface area contributed by atoms with Crippen molar-refractivity contribution < 1.29 is 14.9 Å². The van der Waals surface area contributed by atoms with E-state index in [1.165, 1.54) is 25.3 Å². The van der Waals surface area contributed by atoms with E-state index < -0.39 is 0 Å². The summed E-state index contributed by atoms with van der Waals surface area (Å²) in [6.45, 7) is 2.75. The molecule has 0 radical (unpaired) electrons. The Kier molecular flexibility index (Phi) is 5.72. The highest BCUT2D eigenvalue weighted by Gasteiger charge is 2.00. The minimum absolute atomic E-state index is 0.0827. The molecule has 3 nitrogen and oxygen atoms in total. The average Bonchev–Trinajstić information content (AvgIpc) is 2.28. The van der Waals surface area contributed by atoms with Crippen LogP contribution in [0.25, 0.3) is 0 Å². The zero-order valence-electron chi connectivity index (χ0n) is 9.78. The first-order valence-electron chi connectivity index (χ1n) is 5.83. The van der Waals surface area contributed by atoms with Crippen molar-refractivity contribution in [3.8, 4) is 11.5 Å². The standard InChI is InChI=1S/C13H20O3/c1-2-3-4-5-6-16-13-8-11(10-14)7-12(15)9-13/h7-9,14-15H,2-6,10H2,1H3. The molecule has 3 heteroatoms. The van der Waals surface area contributed by atoms with Gasteiger partial charge in [-0.3, -0.25) is 0 Å². The zero-order chi connectivity index (χ0) is 11.8. The van der Waals surface area contributed by atoms with E-state index in [0.29, 0.717) is 17.9 Å². The van der Waals surface area contributed by atoms with Gasteiger partial charge in [0.2, 0.25) is 0 Å². The summed E-state index contributed by atoms with van der Waals surface area (Å²) in [5, 5.41) is 18.3. The van der Waals surface area contributed by atoms with Crippen LogP contribution in [-0.2, 0) is 6.61 Å². The molecule has 0 spiro atoms. The van der Waals surface area contributed by atoms with Gasteiger partial charge in [-0.15, -0.1) is 0 Å². The first-order valence-corrected chi connectivity index (χ1v) is 5.83. The third kappa shape index (κ3) is 4.53. The van der Waals surface area contributed by atoms with E-state index in [4.69, 9.17) is 9.84 Å². The summed E-state index contributed by atoms with van der Waals surface area (Å²) >= 11 is 0. The normalized spacial score (nSPS) is 10.4. The number of aliphatic hydroxyl groups excluding tert-OH is 1. The number of hydrogen-bond acceptors (Lipinski definition) is 3. The predicted octanol–water partition coefficient (Wildman–Crippen LogP) is 2.84. The molecule has 90 valence electrons. The summed E-state index contributed by atoms with van der Waals surface area (Å²) in [5.41, 5.74) is 0.670. The molecular weight excluding hydrogens is 204 g/mol. The maximum absolute atomic E-state index is 9.37. The number of hydrogen-bond donors (Lipinski definition) is 2. The first kappa shape index (κ1) is 12.8. The van der Waals surface area contributed by atoms with Crippen molar-refractivity contribution in [1.29, 1.82) is 0 Å². The predicted molar refractivity (Wildman–Crippen MR) is 63.7 cm³/mol. The molecule has 0 saturated carbocycles. The Balaban J connectivity index is 2.38. The van der Waals surface area contributed by atoms with Crippen LogP contribution >= 0.6 is 0 Å². The SMILES string of the molecule is CCCCCCOc1cc(O)cc(CO)c1. The highest BCUT2D eigenvalue weighted by molar-refractivity contribution is 5.37. The van der Waals surface area contributed by atoms with Crippen molar-refractivity contribution in [2.24, 2.45) is 0 Å². The molecule has 0 amide bonds. The summed E-state index contributed by atoms with van der Waals surface area (Å²) in [7, 11) is 0. The molecular formula is C13H20O3. The van der Waals surface area contributed by atoms with E-state index in [2.05, 4.69) is 6.92 Å². The van der Waals surface area contributed by atoms with Crippen LogP contribution in [0.4, 0.5) is 0 Å². The van der Waals surface area contributed by atoms with Gasteiger partial charge in [-0.2, -0.15) is 0 Å². The van der Waals surface area contributed by atoms with Crippen LogP contribution in [0, 0.1) is 0 Å². The highest BCUT2D eigenvalue weighted by atomic mass is 16.5. The molecule has 0 atom stereocenters. The van der Waals surface area contributed by atoms with Gasteiger partial charge in [-0.05, 0) is 24.1 Å². The van der Waals surface area contributed by atoms with Gasteiger partial charge in [-0.25, -0.2) is 0 Å². The van der Waals surface area contributed by atoms with Gasteiger partial charge in [0.25, 0.3) is 0 Å². The smallest absolute Gasteiger partial charge is 0.123 e. The maximum Gasteiger partial charge on any atom is 0.123 e. The number of phenolic OH excluding ortho intramolecular Hbond substituents is 1. The molecule has 0 aliphatic heterocycles. The first-order chi connectivity index (χ1) is 7.76. The van der Waals surface area contributed by atoms with Gasteiger partial charge in [0.1, 0.15) is 11.5 Å². The molecule has 0 aliphatic carbocycles. The van der Waals surface area contributed by atoms with Crippen molar-refractivity contribution in [3.05, 3.63) is 23.8 Å². The van der Waals surface area contributed by atoms with Crippen LogP contribution < -0.4 is 4.74 Å². The van der Waals surface area contributed by atoms with Crippen LogP contribution in [0.15, 0.2) is 18.2 Å². The van der Waals surface area contributed by atoms with E-state index in [1.807, 2.05) is 0 Å². The van der Waals surface area contributed by atoms with E-state index in [-0.39, 0.29) is 12.4 Å². The lowest BCUT2D eigenvalue weighted by molar-refractivity contribution is 0.276. The number of aliphatic hydroxyl groups is 1. The van der Waals surface area contributed by atoms with Crippen LogP contribution in [0.2, 0.25) is 0 Å². The van der Waals surface area contributed by atoms with Gasteiger partial charge in [-0.1, -0.05) is 26.2 Å². The third-order valence-electron chi connectivity index (χ3n) is 2.40. The molecule has 0 saturated heterocycles.